The Bertz CT molecular complexity index is 1100. The highest BCUT2D eigenvalue weighted by atomic mass is 16.5. The first kappa shape index (κ1) is 14.6. The van der Waals surface area contributed by atoms with Crippen LogP contribution < -0.4 is 5.56 Å². The maximum absolute atomic E-state index is 12.7. The Labute approximate surface area is 137 Å². The minimum atomic E-state index is -0.154. The summed E-state index contributed by atoms with van der Waals surface area (Å²) < 4.78 is 6.69. The van der Waals surface area contributed by atoms with Gasteiger partial charge in [0.1, 0.15) is 17.6 Å². The predicted octanol–water partition coefficient (Wildman–Crippen LogP) is 2.74. The predicted molar refractivity (Wildman–Crippen MR) is 90.1 cm³/mol. The van der Waals surface area contributed by atoms with Gasteiger partial charge in [-0.3, -0.25) is 9.36 Å². The summed E-state index contributed by atoms with van der Waals surface area (Å²) in [6.45, 7) is 6.19. The van der Waals surface area contributed by atoms with Crippen LogP contribution in [0.5, 0.6) is 0 Å². The fourth-order valence-electron chi connectivity index (χ4n) is 2.73. The minimum Gasteiger partial charge on any atom is -0.349 e. The van der Waals surface area contributed by atoms with Gasteiger partial charge in [0, 0.05) is 16.8 Å². The zero-order chi connectivity index (χ0) is 16.8. The van der Waals surface area contributed by atoms with Crippen molar-refractivity contribution in [1.29, 1.82) is 0 Å². The summed E-state index contributed by atoms with van der Waals surface area (Å²) in [7, 11) is 0. The van der Waals surface area contributed by atoms with Crippen molar-refractivity contribution in [2.24, 2.45) is 0 Å². The standard InChI is InChI=1S/C17H17N5O2/c1-9(2)16-20-13(24-21-16)7-22-8-18-14-11-6-10(3)4-5-12(11)19-15(14)17(22)23/h4-6,8-9,19H,7H2,1-3H3. The van der Waals surface area contributed by atoms with E-state index in [2.05, 4.69) is 20.1 Å². The van der Waals surface area contributed by atoms with Crippen LogP contribution >= 0.6 is 0 Å². The van der Waals surface area contributed by atoms with E-state index < -0.39 is 0 Å². The van der Waals surface area contributed by atoms with Crippen molar-refractivity contribution >= 4 is 21.9 Å². The maximum Gasteiger partial charge on any atom is 0.278 e. The van der Waals surface area contributed by atoms with Gasteiger partial charge < -0.3 is 9.51 Å². The van der Waals surface area contributed by atoms with Crippen LogP contribution in [-0.4, -0.2) is 24.7 Å². The average molecular weight is 323 g/mol. The molecule has 0 atom stereocenters. The van der Waals surface area contributed by atoms with Crippen molar-refractivity contribution in [2.75, 3.05) is 0 Å². The number of fused-ring (bicyclic) bond motifs is 3. The van der Waals surface area contributed by atoms with Gasteiger partial charge in [-0.05, 0) is 19.1 Å². The summed E-state index contributed by atoms with van der Waals surface area (Å²) in [5, 5.41) is 4.87. The van der Waals surface area contributed by atoms with Crippen molar-refractivity contribution < 1.29 is 4.52 Å². The van der Waals surface area contributed by atoms with Gasteiger partial charge in [0.25, 0.3) is 5.56 Å². The van der Waals surface area contributed by atoms with E-state index >= 15 is 0 Å². The number of benzene rings is 1. The third-order valence-corrected chi connectivity index (χ3v) is 4.03. The third-order valence-electron chi connectivity index (χ3n) is 4.03. The van der Waals surface area contributed by atoms with Crippen molar-refractivity contribution in [3.05, 3.63) is 52.2 Å². The highest BCUT2D eigenvalue weighted by Crippen LogP contribution is 2.22. The van der Waals surface area contributed by atoms with Crippen LogP contribution in [0.2, 0.25) is 0 Å². The lowest BCUT2D eigenvalue weighted by Crippen LogP contribution is -2.21. The van der Waals surface area contributed by atoms with Gasteiger partial charge >= 0.3 is 0 Å². The zero-order valence-electron chi connectivity index (χ0n) is 13.7. The van der Waals surface area contributed by atoms with Gasteiger partial charge in [-0.2, -0.15) is 4.98 Å². The molecule has 0 aliphatic rings. The van der Waals surface area contributed by atoms with Crippen molar-refractivity contribution in [3.8, 4) is 0 Å². The number of hydrogen-bond acceptors (Lipinski definition) is 5. The first-order chi connectivity index (χ1) is 11.5. The van der Waals surface area contributed by atoms with E-state index in [1.165, 1.54) is 10.9 Å². The molecule has 0 aliphatic heterocycles. The molecule has 3 heterocycles. The molecule has 1 N–H and O–H groups in total. The van der Waals surface area contributed by atoms with E-state index in [4.69, 9.17) is 4.52 Å². The molecule has 0 saturated heterocycles. The number of aryl methyl sites for hydroxylation is 1. The van der Waals surface area contributed by atoms with Crippen LogP contribution in [0.4, 0.5) is 0 Å². The molecule has 0 saturated carbocycles. The number of aromatic nitrogens is 5. The molecule has 0 amide bonds. The topological polar surface area (TPSA) is 89.6 Å². The molecule has 122 valence electrons. The second-order valence-electron chi connectivity index (χ2n) is 6.28. The first-order valence-electron chi connectivity index (χ1n) is 7.83. The van der Waals surface area contributed by atoms with Gasteiger partial charge in [-0.25, -0.2) is 4.98 Å². The molecule has 24 heavy (non-hydrogen) atoms. The van der Waals surface area contributed by atoms with Crippen LogP contribution in [0.3, 0.4) is 0 Å². The zero-order valence-corrected chi connectivity index (χ0v) is 13.7. The Balaban J connectivity index is 1.80. The Hall–Kier alpha value is -2.96. The molecular formula is C17H17N5O2. The Kier molecular flexibility index (Phi) is 3.23. The lowest BCUT2D eigenvalue weighted by Gasteiger charge is -2.01. The van der Waals surface area contributed by atoms with Crippen molar-refractivity contribution in [1.82, 2.24) is 24.7 Å². The molecule has 4 aromatic rings. The van der Waals surface area contributed by atoms with E-state index in [0.29, 0.717) is 22.7 Å². The molecule has 3 aromatic heterocycles. The van der Waals surface area contributed by atoms with Crippen LogP contribution in [0.25, 0.3) is 21.9 Å². The Morgan fingerprint density at radius 1 is 1.33 bits per heavy atom. The molecule has 1 aromatic carbocycles. The number of hydrogen-bond donors (Lipinski definition) is 1. The van der Waals surface area contributed by atoms with Crippen LogP contribution in [-0.2, 0) is 6.54 Å². The number of nitrogens with one attached hydrogen (secondary N) is 1. The fourth-order valence-corrected chi connectivity index (χ4v) is 2.73. The Morgan fingerprint density at radius 3 is 2.92 bits per heavy atom. The summed E-state index contributed by atoms with van der Waals surface area (Å²) >= 11 is 0. The maximum atomic E-state index is 12.7. The van der Waals surface area contributed by atoms with Crippen molar-refractivity contribution in [3.63, 3.8) is 0 Å². The highest BCUT2D eigenvalue weighted by Gasteiger charge is 2.14. The number of rotatable bonds is 3. The van der Waals surface area contributed by atoms with Gasteiger partial charge in [0.05, 0.1) is 6.33 Å². The lowest BCUT2D eigenvalue weighted by atomic mass is 10.2. The van der Waals surface area contributed by atoms with Crippen LogP contribution in [0.1, 0.15) is 37.0 Å². The second-order valence-corrected chi connectivity index (χ2v) is 6.28. The van der Waals surface area contributed by atoms with Gasteiger partial charge in [-0.1, -0.05) is 30.6 Å². The quantitative estimate of drug-likeness (QED) is 0.626. The van der Waals surface area contributed by atoms with E-state index in [1.54, 1.807) is 0 Å². The van der Waals surface area contributed by atoms with E-state index in [9.17, 15) is 4.79 Å². The van der Waals surface area contributed by atoms with Crippen LogP contribution in [0.15, 0.2) is 33.8 Å². The number of H-pyrrole nitrogens is 1. The number of aromatic amines is 1. The molecule has 0 aliphatic carbocycles. The van der Waals surface area contributed by atoms with Gasteiger partial charge in [0.15, 0.2) is 5.82 Å². The molecule has 7 heteroatoms. The normalized spacial score (nSPS) is 11.8. The fraction of sp³-hybridized carbons (Fsp3) is 0.294. The minimum absolute atomic E-state index is 0.154. The molecular weight excluding hydrogens is 306 g/mol. The summed E-state index contributed by atoms with van der Waals surface area (Å²) in [6, 6.07) is 5.99. The second kappa shape index (κ2) is 5.30. The molecule has 0 unspecified atom stereocenters. The Morgan fingerprint density at radius 2 is 2.17 bits per heavy atom. The summed E-state index contributed by atoms with van der Waals surface area (Å²) in [4.78, 5) is 24.6. The van der Waals surface area contributed by atoms with Gasteiger partial charge in [0.2, 0.25) is 5.89 Å². The molecule has 0 fully saturated rings. The summed E-state index contributed by atoms with van der Waals surface area (Å²) in [6.07, 6.45) is 1.53. The highest BCUT2D eigenvalue weighted by molar-refractivity contribution is 6.04. The van der Waals surface area contributed by atoms with Crippen LogP contribution in [0, 0.1) is 6.92 Å². The largest absolute Gasteiger partial charge is 0.349 e. The smallest absolute Gasteiger partial charge is 0.278 e. The third kappa shape index (κ3) is 2.29. The summed E-state index contributed by atoms with van der Waals surface area (Å²) in [5.41, 5.74) is 3.04. The molecule has 0 spiro atoms. The van der Waals surface area contributed by atoms with E-state index in [-0.39, 0.29) is 18.0 Å². The van der Waals surface area contributed by atoms with E-state index in [0.717, 1.165) is 16.5 Å². The van der Waals surface area contributed by atoms with E-state index in [1.807, 2.05) is 39.0 Å². The SMILES string of the molecule is Cc1ccc2[nH]c3c(=O)n(Cc4nc(C(C)C)no4)cnc3c2c1. The number of nitrogens with zero attached hydrogens (tertiary/aromatic N) is 4. The first-order valence-corrected chi connectivity index (χ1v) is 7.83. The molecule has 0 bridgehead atoms. The summed E-state index contributed by atoms with van der Waals surface area (Å²) in [5.74, 6) is 1.21. The van der Waals surface area contributed by atoms with Gasteiger partial charge in [-0.15, -0.1) is 0 Å². The lowest BCUT2D eigenvalue weighted by molar-refractivity contribution is 0.363. The monoisotopic (exact) mass is 323 g/mol. The van der Waals surface area contributed by atoms with Crippen molar-refractivity contribution in [2.45, 2.75) is 33.2 Å². The average Bonchev–Trinajstić information content (AvgIpc) is 3.15. The molecule has 7 nitrogen and oxygen atoms in total. The molecule has 0 radical (unpaired) electrons. The molecule has 4 rings (SSSR count).